The Morgan fingerprint density at radius 1 is 1.50 bits per heavy atom. The summed E-state index contributed by atoms with van der Waals surface area (Å²) in [6.45, 7) is 0. The molecule has 0 aliphatic carbocycles. The third kappa shape index (κ3) is 1.74. The predicted molar refractivity (Wildman–Crippen MR) is 68.1 cm³/mol. The van der Waals surface area contributed by atoms with Crippen LogP contribution in [0.5, 0.6) is 0 Å². The SMILES string of the molecule is [NH]C(=O)c1sc2cccc(CCCl)c2c1N. The number of carbonyl (C=O) groups is 1. The third-order valence-corrected chi connectivity index (χ3v) is 3.77. The fraction of sp³-hybridized carbons (Fsp3) is 0.182. The van der Waals surface area contributed by atoms with Crippen LogP contribution in [0.1, 0.15) is 15.2 Å². The molecule has 2 rings (SSSR count). The van der Waals surface area contributed by atoms with Gasteiger partial charge in [-0.3, -0.25) is 10.5 Å². The Morgan fingerprint density at radius 3 is 2.88 bits per heavy atom. The van der Waals surface area contributed by atoms with Crippen LogP contribution in [-0.2, 0) is 6.42 Å². The van der Waals surface area contributed by atoms with Crippen LogP contribution in [0.25, 0.3) is 10.1 Å². The summed E-state index contributed by atoms with van der Waals surface area (Å²) in [6.07, 6.45) is 0.714. The molecule has 3 N–H and O–H groups in total. The van der Waals surface area contributed by atoms with E-state index in [1.165, 1.54) is 11.3 Å². The summed E-state index contributed by atoms with van der Waals surface area (Å²) < 4.78 is 0.940. The Labute approximate surface area is 102 Å². The first kappa shape index (κ1) is 11.2. The van der Waals surface area contributed by atoms with E-state index in [1.807, 2.05) is 18.2 Å². The molecule has 83 valence electrons. The van der Waals surface area contributed by atoms with Crippen LogP contribution in [0.3, 0.4) is 0 Å². The van der Waals surface area contributed by atoms with Crippen molar-refractivity contribution in [1.29, 1.82) is 0 Å². The summed E-state index contributed by atoms with van der Waals surface area (Å²) in [7, 11) is 0. The average molecular weight is 254 g/mol. The van der Waals surface area contributed by atoms with E-state index in [2.05, 4.69) is 0 Å². The number of benzene rings is 1. The van der Waals surface area contributed by atoms with Gasteiger partial charge in [0.15, 0.2) is 0 Å². The average Bonchev–Trinajstić information content (AvgIpc) is 2.58. The Balaban J connectivity index is 2.71. The fourth-order valence-corrected chi connectivity index (χ4v) is 2.94. The number of nitrogen functional groups attached to an aromatic ring is 1. The first-order valence-electron chi connectivity index (χ1n) is 4.77. The van der Waals surface area contributed by atoms with Gasteiger partial charge in [-0.2, -0.15) is 0 Å². The summed E-state index contributed by atoms with van der Waals surface area (Å²) in [5.74, 6) is -0.214. The number of rotatable bonds is 3. The number of alkyl halides is 1. The smallest absolute Gasteiger partial charge is 0.281 e. The van der Waals surface area contributed by atoms with Crippen LogP contribution in [-0.4, -0.2) is 11.8 Å². The van der Waals surface area contributed by atoms with E-state index in [0.29, 0.717) is 22.9 Å². The molecule has 0 saturated heterocycles. The summed E-state index contributed by atoms with van der Waals surface area (Å²) in [6, 6.07) is 5.77. The van der Waals surface area contributed by atoms with E-state index in [4.69, 9.17) is 23.1 Å². The number of nitrogens with one attached hydrogen (secondary N) is 1. The summed E-state index contributed by atoms with van der Waals surface area (Å²) >= 11 is 6.98. The van der Waals surface area contributed by atoms with Gasteiger partial charge in [-0.25, -0.2) is 0 Å². The molecule has 0 aliphatic rings. The highest BCUT2D eigenvalue weighted by Gasteiger charge is 2.16. The van der Waals surface area contributed by atoms with Gasteiger partial charge >= 0.3 is 0 Å². The van der Waals surface area contributed by atoms with Gasteiger partial charge in [-0.1, -0.05) is 12.1 Å². The highest BCUT2D eigenvalue weighted by atomic mass is 35.5. The van der Waals surface area contributed by atoms with Crippen LogP contribution in [0.2, 0.25) is 0 Å². The number of carbonyl (C=O) groups excluding carboxylic acids is 1. The number of nitrogens with two attached hydrogens (primary N) is 1. The van der Waals surface area contributed by atoms with Gasteiger partial charge in [0, 0.05) is 16.0 Å². The van der Waals surface area contributed by atoms with Crippen molar-refractivity contribution in [2.45, 2.75) is 6.42 Å². The largest absolute Gasteiger partial charge is 0.397 e. The normalized spacial score (nSPS) is 10.8. The number of anilines is 1. The second-order valence-electron chi connectivity index (χ2n) is 3.40. The number of fused-ring (bicyclic) bond motifs is 1. The summed E-state index contributed by atoms with van der Waals surface area (Å²) in [4.78, 5) is 11.4. The molecular weight excluding hydrogens is 244 g/mol. The van der Waals surface area contributed by atoms with Crippen molar-refractivity contribution >= 4 is 44.6 Å². The van der Waals surface area contributed by atoms with Gasteiger partial charge in [-0.15, -0.1) is 22.9 Å². The first-order chi connectivity index (χ1) is 7.65. The van der Waals surface area contributed by atoms with Crippen molar-refractivity contribution in [3.8, 4) is 0 Å². The Morgan fingerprint density at radius 2 is 2.25 bits per heavy atom. The van der Waals surface area contributed by atoms with E-state index in [-0.39, 0.29) is 0 Å². The molecule has 1 aromatic carbocycles. The molecule has 1 amide bonds. The molecule has 0 saturated carbocycles. The Bertz CT molecular complexity index is 550. The molecule has 1 heterocycles. The molecule has 0 spiro atoms. The molecule has 1 radical (unpaired) electrons. The minimum absolute atomic E-state index is 0.317. The lowest BCUT2D eigenvalue weighted by Crippen LogP contribution is -2.00. The van der Waals surface area contributed by atoms with Gasteiger partial charge in [-0.05, 0) is 18.1 Å². The minimum Gasteiger partial charge on any atom is -0.397 e. The second kappa shape index (κ2) is 4.31. The predicted octanol–water partition coefficient (Wildman–Crippen LogP) is 2.69. The fourth-order valence-electron chi connectivity index (χ4n) is 1.72. The highest BCUT2D eigenvalue weighted by Crippen LogP contribution is 2.36. The molecule has 0 aliphatic heterocycles. The Kier molecular flexibility index (Phi) is 3.03. The van der Waals surface area contributed by atoms with Crippen molar-refractivity contribution in [3.63, 3.8) is 0 Å². The topological polar surface area (TPSA) is 66.9 Å². The van der Waals surface area contributed by atoms with Crippen molar-refractivity contribution in [2.75, 3.05) is 11.6 Å². The highest BCUT2D eigenvalue weighted by molar-refractivity contribution is 7.21. The van der Waals surface area contributed by atoms with Crippen LogP contribution in [0.15, 0.2) is 18.2 Å². The van der Waals surface area contributed by atoms with E-state index < -0.39 is 5.91 Å². The zero-order valence-corrected chi connectivity index (χ0v) is 9.99. The van der Waals surface area contributed by atoms with Gasteiger partial charge < -0.3 is 5.73 Å². The molecule has 0 atom stereocenters. The maximum absolute atomic E-state index is 11.1. The molecule has 3 nitrogen and oxygen atoms in total. The third-order valence-electron chi connectivity index (χ3n) is 2.41. The number of amides is 1. The van der Waals surface area contributed by atoms with Crippen LogP contribution >= 0.6 is 22.9 Å². The van der Waals surface area contributed by atoms with E-state index in [1.54, 1.807) is 0 Å². The zero-order valence-electron chi connectivity index (χ0n) is 8.42. The molecule has 0 fully saturated rings. The summed E-state index contributed by atoms with van der Waals surface area (Å²) in [5.41, 5.74) is 14.5. The standard InChI is InChI=1S/C11H10ClN2OS/c12-5-4-6-2-1-3-7-8(6)9(13)10(16-7)11(14)15/h1-3,14H,4-5,13H2. The lowest BCUT2D eigenvalue weighted by molar-refractivity contribution is 0.0997. The molecule has 2 aromatic rings. The van der Waals surface area contributed by atoms with Crippen LogP contribution < -0.4 is 11.5 Å². The van der Waals surface area contributed by atoms with Crippen molar-refractivity contribution in [1.82, 2.24) is 5.73 Å². The van der Waals surface area contributed by atoms with E-state index in [0.717, 1.165) is 15.6 Å². The lowest BCUT2D eigenvalue weighted by atomic mass is 10.1. The van der Waals surface area contributed by atoms with E-state index >= 15 is 0 Å². The number of halogens is 1. The molecule has 0 bridgehead atoms. The number of hydrogen-bond acceptors (Lipinski definition) is 3. The van der Waals surface area contributed by atoms with E-state index in [9.17, 15) is 4.79 Å². The molecule has 16 heavy (non-hydrogen) atoms. The number of aryl methyl sites for hydroxylation is 1. The lowest BCUT2D eigenvalue weighted by Gasteiger charge is -2.01. The van der Waals surface area contributed by atoms with Gasteiger partial charge in [0.05, 0.1) is 5.69 Å². The maximum Gasteiger partial charge on any atom is 0.281 e. The zero-order chi connectivity index (χ0) is 11.7. The van der Waals surface area contributed by atoms with Crippen molar-refractivity contribution < 1.29 is 4.79 Å². The second-order valence-corrected chi connectivity index (χ2v) is 4.83. The molecule has 0 unspecified atom stereocenters. The number of hydrogen-bond donors (Lipinski definition) is 1. The van der Waals surface area contributed by atoms with Crippen LogP contribution in [0.4, 0.5) is 5.69 Å². The van der Waals surface area contributed by atoms with Crippen molar-refractivity contribution in [3.05, 3.63) is 28.6 Å². The minimum atomic E-state index is -0.726. The Hall–Kier alpha value is -1.26. The molecule has 5 heteroatoms. The van der Waals surface area contributed by atoms with Gasteiger partial charge in [0.1, 0.15) is 4.88 Å². The van der Waals surface area contributed by atoms with Gasteiger partial charge in [0.2, 0.25) is 0 Å². The monoisotopic (exact) mass is 253 g/mol. The maximum atomic E-state index is 11.1. The van der Waals surface area contributed by atoms with Crippen molar-refractivity contribution in [2.24, 2.45) is 0 Å². The van der Waals surface area contributed by atoms with Gasteiger partial charge in [0.25, 0.3) is 5.91 Å². The quantitative estimate of drug-likeness (QED) is 0.855. The first-order valence-corrected chi connectivity index (χ1v) is 6.12. The van der Waals surface area contributed by atoms with Crippen LogP contribution in [0, 0.1) is 0 Å². The summed E-state index contributed by atoms with van der Waals surface area (Å²) in [5, 5.41) is 0.878. The molecular formula is C11H10ClN2OS. The molecule has 1 aromatic heterocycles. The number of thiophene rings is 1.